The van der Waals surface area contributed by atoms with Gasteiger partial charge < -0.3 is 19.3 Å². The summed E-state index contributed by atoms with van der Waals surface area (Å²) in [4.78, 5) is 4.54. The topological polar surface area (TPSA) is 69.4 Å². The van der Waals surface area contributed by atoms with Crippen molar-refractivity contribution in [2.75, 3.05) is 37.9 Å². The van der Waals surface area contributed by atoms with E-state index in [9.17, 15) is 0 Å². The van der Waals surface area contributed by atoms with Crippen molar-refractivity contribution in [1.29, 1.82) is 0 Å². The Morgan fingerprint density at radius 3 is 3.15 bits per heavy atom. The summed E-state index contributed by atoms with van der Waals surface area (Å²) in [5, 5.41) is 7.57. The Labute approximate surface area is 123 Å². The highest BCUT2D eigenvalue weighted by molar-refractivity contribution is 7.99. The molecule has 2 aliphatic heterocycles. The van der Waals surface area contributed by atoms with Crippen LogP contribution in [0.15, 0.2) is 4.52 Å². The number of rotatable bonds is 5. The van der Waals surface area contributed by atoms with Crippen LogP contribution in [0.2, 0.25) is 0 Å². The SMILES string of the molecule is CCCNC1COCC1c1nc(C2CSCCO2)no1. The van der Waals surface area contributed by atoms with Crippen molar-refractivity contribution >= 4 is 11.8 Å². The largest absolute Gasteiger partial charge is 0.379 e. The van der Waals surface area contributed by atoms with E-state index in [1.807, 2.05) is 11.8 Å². The highest BCUT2D eigenvalue weighted by atomic mass is 32.2. The second-order valence-corrected chi connectivity index (χ2v) is 6.28. The van der Waals surface area contributed by atoms with Crippen molar-refractivity contribution in [1.82, 2.24) is 15.5 Å². The summed E-state index contributed by atoms with van der Waals surface area (Å²) in [6.45, 7) is 5.24. The van der Waals surface area contributed by atoms with Crippen LogP contribution in [0.25, 0.3) is 0 Å². The molecule has 2 saturated heterocycles. The fourth-order valence-electron chi connectivity index (χ4n) is 2.49. The Morgan fingerprint density at radius 1 is 1.40 bits per heavy atom. The van der Waals surface area contributed by atoms with Crippen LogP contribution in [-0.2, 0) is 9.47 Å². The Hall–Kier alpha value is -0.630. The first-order valence-electron chi connectivity index (χ1n) is 7.22. The molecule has 20 heavy (non-hydrogen) atoms. The minimum absolute atomic E-state index is 0.0318. The van der Waals surface area contributed by atoms with Crippen molar-refractivity contribution in [3.05, 3.63) is 11.7 Å². The van der Waals surface area contributed by atoms with Gasteiger partial charge in [-0.25, -0.2) is 0 Å². The molecule has 0 bridgehead atoms. The fraction of sp³-hybridized carbons (Fsp3) is 0.846. The number of nitrogens with one attached hydrogen (secondary N) is 1. The second-order valence-electron chi connectivity index (χ2n) is 5.13. The molecule has 6 nitrogen and oxygen atoms in total. The Balaban J connectivity index is 1.65. The highest BCUT2D eigenvalue weighted by Crippen LogP contribution is 2.28. The lowest BCUT2D eigenvalue weighted by atomic mass is 10.0. The van der Waals surface area contributed by atoms with Crippen molar-refractivity contribution in [2.45, 2.75) is 31.4 Å². The molecule has 112 valence electrons. The molecular formula is C13H21N3O3S. The van der Waals surface area contributed by atoms with Crippen LogP contribution in [0.3, 0.4) is 0 Å². The summed E-state index contributed by atoms with van der Waals surface area (Å²) >= 11 is 1.87. The maximum absolute atomic E-state index is 5.68. The van der Waals surface area contributed by atoms with E-state index < -0.39 is 0 Å². The van der Waals surface area contributed by atoms with Gasteiger partial charge >= 0.3 is 0 Å². The molecule has 3 atom stereocenters. The smallest absolute Gasteiger partial charge is 0.233 e. The van der Waals surface area contributed by atoms with Gasteiger partial charge in [0.2, 0.25) is 11.7 Å². The molecule has 3 heterocycles. The van der Waals surface area contributed by atoms with E-state index in [1.165, 1.54) is 0 Å². The molecule has 3 unspecified atom stereocenters. The van der Waals surface area contributed by atoms with Crippen LogP contribution in [0, 0.1) is 0 Å². The van der Waals surface area contributed by atoms with Crippen LogP contribution in [0.5, 0.6) is 0 Å². The Bertz CT molecular complexity index is 423. The molecule has 2 aliphatic rings. The number of hydrogen-bond acceptors (Lipinski definition) is 7. The molecule has 7 heteroatoms. The predicted molar refractivity (Wildman–Crippen MR) is 76.0 cm³/mol. The molecule has 0 aromatic carbocycles. The van der Waals surface area contributed by atoms with Crippen LogP contribution in [-0.4, -0.2) is 54.1 Å². The number of aromatic nitrogens is 2. The number of nitrogens with zero attached hydrogens (tertiary/aromatic N) is 2. The summed E-state index contributed by atoms with van der Waals surface area (Å²) < 4.78 is 16.7. The molecule has 3 rings (SSSR count). The fourth-order valence-corrected chi connectivity index (χ4v) is 3.33. The van der Waals surface area contributed by atoms with E-state index in [0.717, 1.165) is 31.1 Å². The van der Waals surface area contributed by atoms with Gasteiger partial charge in [-0.1, -0.05) is 12.1 Å². The first-order chi connectivity index (χ1) is 9.88. The van der Waals surface area contributed by atoms with Gasteiger partial charge in [-0.2, -0.15) is 16.7 Å². The molecule has 1 aromatic heterocycles. The lowest BCUT2D eigenvalue weighted by molar-refractivity contribution is 0.0677. The van der Waals surface area contributed by atoms with Crippen LogP contribution < -0.4 is 5.32 Å². The number of hydrogen-bond donors (Lipinski definition) is 1. The van der Waals surface area contributed by atoms with Crippen LogP contribution >= 0.6 is 11.8 Å². The monoisotopic (exact) mass is 299 g/mol. The molecule has 0 saturated carbocycles. The zero-order valence-corrected chi connectivity index (χ0v) is 12.5. The van der Waals surface area contributed by atoms with Gasteiger partial charge in [0.25, 0.3) is 0 Å². The van der Waals surface area contributed by atoms with E-state index in [1.54, 1.807) is 0 Å². The molecule has 0 spiro atoms. The molecule has 0 aliphatic carbocycles. The van der Waals surface area contributed by atoms with E-state index >= 15 is 0 Å². The van der Waals surface area contributed by atoms with Gasteiger partial charge in [0.15, 0.2) is 0 Å². The predicted octanol–water partition coefficient (Wildman–Crippen LogP) is 1.36. The minimum atomic E-state index is -0.0318. The van der Waals surface area contributed by atoms with Crippen LogP contribution in [0.4, 0.5) is 0 Å². The van der Waals surface area contributed by atoms with Crippen LogP contribution in [0.1, 0.15) is 37.1 Å². The van der Waals surface area contributed by atoms with Gasteiger partial charge in [-0.3, -0.25) is 0 Å². The zero-order chi connectivity index (χ0) is 13.8. The molecule has 1 N–H and O–H groups in total. The summed E-state index contributed by atoms with van der Waals surface area (Å²) in [6, 6.07) is 0.268. The van der Waals surface area contributed by atoms with Crippen molar-refractivity contribution in [3.8, 4) is 0 Å². The van der Waals surface area contributed by atoms with Gasteiger partial charge in [0.05, 0.1) is 25.7 Å². The molecule has 0 radical (unpaired) electrons. The molecular weight excluding hydrogens is 278 g/mol. The maximum Gasteiger partial charge on any atom is 0.233 e. The normalized spacial score (nSPS) is 30.8. The lowest BCUT2D eigenvalue weighted by Crippen LogP contribution is -2.35. The van der Waals surface area contributed by atoms with Gasteiger partial charge in [0.1, 0.15) is 6.10 Å². The Kier molecular flexibility index (Phi) is 4.93. The number of thioether (sulfide) groups is 1. The summed E-state index contributed by atoms with van der Waals surface area (Å²) in [5.41, 5.74) is 0. The van der Waals surface area contributed by atoms with Gasteiger partial charge in [-0.15, -0.1) is 0 Å². The third-order valence-electron chi connectivity index (χ3n) is 3.62. The van der Waals surface area contributed by atoms with Gasteiger partial charge in [-0.05, 0) is 13.0 Å². The standard InChI is InChI=1S/C13H21N3O3S/c1-2-3-14-10-7-17-6-9(10)13-15-12(16-19-13)11-8-20-5-4-18-11/h9-11,14H,2-8H2,1H3. The third kappa shape index (κ3) is 3.16. The summed E-state index contributed by atoms with van der Waals surface area (Å²) in [5.74, 6) is 3.44. The lowest BCUT2D eigenvalue weighted by Gasteiger charge is -2.18. The Morgan fingerprint density at radius 2 is 2.35 bits per heavy atom. The highest BCUT2D eigenvalue weighted by Gasteiger charge is 2.34. The molecule has 1 aromatic rings. The van der Waals surface area contributed by atoms with Gasteiger partial charge in [0, 0.05) is 17.5 Å². The summed E-state index contributed by atoms with van der Waals surface area (Å²) in [6.07, 6.45) is 1.07. The van der Waals surface area contributed by atoms with Crippen molar-refractivity contribution in [3.63, 3.8) is 0 Å². The van der Waals surface area contributed by atoms with Crippen molar-refractivity contribution < 1.29 is 14.0 Å². The third-order valence-corrected chi connectivity index (χ3v) is 4.61. The second kappa shape index (κ2) is 6.89. The average Bonchev–Trinajstić information content (AvgIpc) is 3.14. The molecule has 2 fully saturated rings. The maximum atomic E-state index is 5.68. The minimum Gasteiger partial charge on any atom is -0.379 e. The molecule has 0 amide bonds. The first-order valence-corrected chi connectivity index (χ1v) is 8.38. The average molecular weight is 299 g/mol. The van der Waals surface area contributed by atoms with Crippen molar-refractivity contribution in [2.24, 2.45) is 0 Å². The van der Waals surface area contributed by atoms with E-state index in [0.29, 0.717) is 24.9 Å². The van der Waals surface area contributed by atoms with E-state index in [4.69, 9.17) is 14.0 Å². The number of ether oxygens (including phenoxy) is 2. The first kappa shape index (κ1) is 14.3. The van der Waals surface area contributed by atoms with E-state index in [-0.39, 0.29) is 18.1 Å². The zero-order valence-electron chi connectivity index (χ0n) is 11.7. The van der Waals surface area contributed by atoms with E-state index in [2.05, 4.69) is 22.4 Å². The summed E-state index contributed by atoms with van der Waals surface area (Å²) in [7, 11) is 0. The quantitative estimate of drug-likeness (QED) is 0.880.